The number of piperazine rings is 1. The van der Waals surface area contributed by atoms with E-state index in [0.717, 1.165) is 32.2 Å². The van der Waals surface area contributed by atoms with Crippen molar-refractivity contribution in [3.05, 3.63) is 17.9 Å². The van der Waals surface area contributed by atoms with Crippen molar-refractivity contribution < 1.29 is 14.3 Å². The van der Waals surface area contributed by atoms with E-state index in [-0.39, 0.29) is 5.76 Å². The second kappa shape index (κ2) is 5.25. The van der Waals surface area contributed by atoms with Crippen LogP contribution in [0.4, 0.5) is 5.88 Å². The van der Waals surface area contributed by atoms with Crippen LogP contribution in [0.1, 0.15) is 36.2 Å². The Morgan fingerprint density at radius 1 is 1.16 bits per heavy atom. The molecule has 2 aliphatic rings. The molecule has 1 aliphatic carbocycles. The zero-order valence-corrected chi connectivity index (χ0v) is 11.0. The average Bonchev–Trinajstić information content (AvgIpc) is 3.11. The third-order valence-corrected chi connectivity index (χ3v) is 4.27. The lowest BCUT2D eigenvalue weighted by Crippen LogP contribution is -2.49. The van der Waals surface area contributed by atoms with Gasteiger partial charge in [0.2, 0.25) is 5.76 Å². The second-order valence-electron chi connectivity index (χ2n) is 5.40. The van der Waals surface area contributed by atoms with Gasteiger partial charge in [-0.15, -0.1) is 0 Å². The number of carbonyl (C=O) groups is 1. The molecule has 0 atom stereocenters. The number of nitrogens with zero attached hydrogens (tertiary/aromatic N) is 2. The Kier molecular flexibility index (Phi) is 3.46. The number of anilines is 1. The molecule has 104 valence electrons. The maximum Gasteiger partial charge on any atom is 0.371 e. The molecule has 19 heavy (non-hydrogen) atoms. The first-order valence-corrected chi connectivity index (χ1v) is 7.06. The number of carboxylic acids is 1. The zero-order chi connectivity index (χ0) is 13.2. The Labute approximate surface area is 112 Å². The molecule has 2 heterocycles. The standard InChI is InChI=1S/C14H20N2O3/c17-14(18)12-5-6-13(19-12)16-9-7-15(8-10-16)11-3-1-2-4-11/h5-6,11H,1-4,7-10H2,(H,17,18). The fraction of sp³-hybridized carbons (Fsp3) is 0.643. The summed E-state index contributed by atoms with van der Waals surface area (Å²) in [6.45, 7) is 3.94. The molecule has 3 rings (SSSR count). The van der Waals surface area contributed by atoms with Crippen LogP contribution in [0.5, 0.6) is 0 Å². The molecule has 5 heteroatoms. The summed E-state index contributed by atoms with van der Waals surface area (Å²) >= 11 is 0. The van der Waals surface area contributed by atoms with Gasteiger partial charge in [0.05, 0.1) is 0 Å². The Morgan fingerprint density at radius 2 is 1.84 bits per heavy atom. The van der Waals surface area contributed by atoms with Crippen LogP contribution in [0.15, 0.2) is 16.5 Å². The normalized spacial score (nSPS) is 22.0. The number of furan rings is 1. The molecule has 2 fully saturated rings. The van der Waals surface area contributed by atoms with E-state index in [2.05, 4.69) is 9.80 Å². The minimum Gasteiger partial charge on any atom is -0.475 e. The third-order valence-electron chi connectivity index (χ3n) is 4.27. The molecule has 1 N–H and O–H groups in total. The van der Waals surface area contributed by atoms with Crippen LogP contribution in [-0.4, -0.2) is 48.2 Å². The molecule has 0 spiro atoms. The van der Waals surface area contributed by atoms with Gasteiger partial charge in [-0.2, -0.15) is 0 Å². The van der Waals surface area contributed by atoms with Crippen molar-refractivity contribution in [3.63, 3.8) is 0 Å². The smallest absolute Gasteiger partial charge is 0.371 e. The SMILES string of the molecule is O=C(O)c1ccc(N2CCN(C3CCCC3)CC2)o1. The van der Waals surface area contributed by atoms with Crippen molar-refractivity contribution in [1.29, 1.82) is 0 Å². The highest BCUT2D eigenvalue weighted by Crippen LogP contribution is 2.26. The Hall–Kier alpha value is -1.49. The first-order valence-electron chi connectivity index (χ1n) is 7.06. The van der Waals surface area contributed by atoms with Crippen molar-refractivity contribution in [1.82, 2.24) is 4.90 Å². The fourth-order valence-electron chi connectivity index (χ4n) is 3.19. The van der Waals surface area contributed by atoms with Crippen molar-refractivity contribution in [2.75, 3.05) is 31.1 Å². The van der Waals surface area contributed by atoms with E-state index >= 15 is 0 Å². The molecule has 0 radical (unpaired) electrons. The molecule has 1 saturated heterocycles. The van der Waals surface area contributed by atoms with E-state index < -0.39 is 5.97 Å². The monoisotopic (exact) mass is 264 g/mol. The van der Waals surface area contributed by atoms with Gasteiger partial charge in [-0.3, -0.25) is 4.90 Å². The molecule has 5 nitrogen and oxygen atoms in total. The fourth-order valence-corrected chi connectivity index (χ4v) is 3.19. The van der Waals surface area contributed by atoms with Crippen LogP contribution in [0, 0.1) is 0 Å². The predicted molar refractivity (Wildman–Crippen MR) is 71.7 cm³/mol. The second-order valence-corrected chi connectivity index (χ2v) is 5.40. The van der Waals surface area contributed by atoms with Gasteiger partial charge >= 0.3 is 5.97 Å². The van der Waals surface area contributed by atoms with Crippen molar-refractivity contribution in [2.24, 2.45) is 0 Å². The number of aromatic carboxylic acids is 1. The molecule has 1 aliphatic heterocycles. The minimum atomic E-state index is -1.00. The average molecular weight is 264 g/mol. The lowest BCUT2D eigenvalue weighted by atomic mass is 10.2. The van der Waals surface area contributed by atoms with E-state index in [1.165, 1.54) is 31.7 Å². The third kappa shape index (κ3) is 2.61. The Bertz CT molecular complexity index is 443. The topological polar surface area (TPSA) is 56.9 Å². The highest BCUT2D eigenvalue weighted by atomic mass is 16.4. The van der Waals surface area contributed by atoms with Gasteiger partial charge in [0.15, 0.2) is 5.88 Å². The molecule has 1 aromatic heterocycles. The quantitative estimate of drug-likeness (QED) is 0.905. The summed E-state index contributed by atoms with van der Waals surface area (Å²) in [5.74, 6) is -0.299. The summed E-state index contributed by atoms with van der Waals surface area (Å²) < 4.78 is 5.35. The van der Waals surface area contributed by atoms with Gasteiger partial charge in [-0.25, -0.2) is 4.79 Å². The molecule has 0 aromatic carbocycles. The van der Waals surface area contributed by atoms with Gasteiger partial charge in [-0.05, 0) is 18.9 Å². The van der Waals surface area contributed by atoms with Gasteiger partial charge < -0.3 is 14.4 Å². The Morgan fingerprint density at radius 3 is 2.42 bits per heavy atom. The first-order chi connectivity index (χ1) is 9.24. The summed E-state index contributed by atoms with van der Waals surface area (Å²) in [6.07, 6.45) is 5.41. The highest BCUT2D eigenvalue weighted by Gasteiger charge is 2.27. The van der Waals surface area contributed by atoms with E-state index in [1.54, 1.807) is 6.07 Å². The maximum atomic E-state index is 10.8. The summed E-state index contributed by atoms with van der Waals surface area (Å²) in [4.78, 5) is 15.5. The molecular formula is C14H20N2O3. The number of rotatable bonds is 3. The zero-order valence-electron chi connectivity index (χ0n) is 11.0. The number of hydrogen-bond acceptors (Lipinski definition) is 4. The molecule has 0 amide bonds. The van der Waals surface area contributed by atoms with Gasteiger partial charge in [0, 0.05) is 38.3 Å². The maximum absolute atomic E-state index is 10.8. The minimum absolute atomic E-state index is 0.0215. The van der Waals surface area contributed by atoms with Crippen LogP contribution in [0.2, 0.25) is 0 Å². The molecule has 0 bridgehead atoms. The lowest BCUT2D eigenvalue weighted by Gasteiger charge is -2.37. The predicted octanol–water partition coefficient (Wildman–Crippen LogP) is 2.04. The molecule has 1 aromatic rings. The summed E-state index contributed by atoms with van der Waals surface area (Å²) in [7, 11) is 0. The van der Waals surface area contributed by atoms with Gasteiger partial charge in [0.25, 0.3) is 0 Å². The van der Waals surface area contributed by atoms with Gasteiger partial charge in [0.1, 0.15) is 0 Å². The molecular weight excluding hydrogens is 244 g/mol. The molecule has 0 unspecified atom stereocenters. The van der Waals surface area contributed by atoms with Crippen molar-refractivity contribution in [3.8, 4) is 0 Å². The van der Waals surface area contributed by atoms with E-state index in [9.17, 15) is 4.79 Å². The van der Waals surface area contributed by atoms with Crippen LogP contribution < -0.4 is 4.90 Å². The van der Waals surface area contributed by atoms with Crippen LogP contribution in [0.3, 0.4) is 0 Å². The van der Waals surface area contributed by atoms with E-state index in [0.29, 0.717) is 5.88 Å². The van der Waals surface area contributed by atoms with Crippen LogP contribution >= 0.6 is 0 Å². The lowest BCUT2D eigenvalue weighted by molar-refractivity contribution is 0.0663. The van der Waals surface area contributed by atoms with Gasteiger partial charge in [-0.1, -0.05) is 12.8 Å². The summed E-state index contributed by atoms with van der Waals surface area (Å²) in [5.41, 5.74) is 0. The summed E-state index contributed by atoms with van der Waals surface area (Å²) in [5, 5.41) is 8.86. The van der Waals surface area contributed by atoms with Crippen molar-refractivity contribution >= 4 is 11.9 Å². The van der Waals surface area contributed by atoms with Crippen molar-refractivity contribution in [2.45, 2.75) is 31.7 Å². The van der Waals surface area contributed by atoms with Crippen LogP contribution in [0.25, 0.3) is 0 Å². The Balaban J connectivity index is 1.58. The summed E-state index contributed by atoms with van der Waals surface area (Å²) in [6, 6.07) is 4.06. The highest BCUT2D eigenvalue weighted by molar-refractivity contribution is 5.84. The first kappa shape index (κ1) is 12.5. The number of hydrogen-bond donors (Lipinski definition) is 1. The largest absolute Gasteiger partial charge is 0.475 e. The van der Waals surface area contributed by atoms with Crippen LogP contribution in [-0.2, 0) is 0 Å². The van der Waals surface area contributed by atoms with E-state index in [4.69, 9.17) is 9.52 Å². The number of carboxylic acid groups (broad SMARTS) is 1. The molecule has 1 saturated carbocycles. The van der Waals surface area contributed by atoms with E-state index in [1.807, 2.05) is 0 Å².